The van der Waals surface area contributed by atoms with Crippen LogP contribution in [-0.4, -0.2) is 50.0 Å². The van der Waals surface area contributed by atoms with Crippen LogP contribution in [0.25, 0.3) is 0 Å². The molecule has 1 aliphatic rings. The van der Waals surface area contributed by atoms with E-state index >= 15 is 0 Å². The predicted molar refractivity (Wildman–Crippen MR) is 90.7 cm³/mol. The minimum atomic E-state index is -3.06. The van der Waals surface area contributed by atoms with Gasteiger partial charge in [0, 0.05) is 24.5 Å². The number of hydrogen-bond donors (Lipinski definition) is 1. The SMILES string of the molecule is CCCCOc1ccc(NC(=O)N2CC(S(=O)(=O)CC)C2)cc1. The second kappa shape index (κ2) is 7.68. The third-order valence-corrected chi connectivity index (χ3v) is 6.04. The van der Waals surface area contributed by atoms with Gasteiger partial charge in [-0.3, -0.25) is 0 Å². The summed E-state index contributed by atoms with van der Waals surface area (Å²) in [4.78, 5) is 13.5. The fourth-order valence-electron chi connectivity index (χ4n) is 2.24. The molecular weight excluding hydrogens is 316 g/mol. The lowest BCUT2D eigenvalue weighted by molar-refractivity contribution is 0.182. The van der Waals surface area contributed by atoms with Crippen LogP contribution in [0.2, 0.25) is 0 Å². The Kier molecular flexibility index (Phi) is 5.87. The predicted octanol–water partition coefficient (Wildman–Crippen LogP) is 2.52. The van der Waals surface area contributed by atoms with Gasteiger partial charge in [0.2, 0.25) is 0 Å². The van der Waals surface area contributed by atoms with Crippen LogP contribution >= 0.6 is 0 Å². The van der Waals surface area contributed by atoms with Gasteiger partial charge in [-0.05, 0) is 30.7 Å². The largest absolute Gasteiger partial charge is 0.494 e. The van der Waals surface area contributed by atoms with Crippen molar-refractivity contribution < 1.29 is 17.9 Å². The Hall–Kier alpha value is -1.76. The van der Waals surface area contributed by atoms with E-state index in [2.05, 4.69) is 12.2 Å². The van der Waals surface area contributed by atoms with Gasteiger partial charge in [-0.15, -0.1) is 0 Å². The van der Waals surface area contributed by atoms with E-state index in [1.807, 2.05) is 12.1 Å². The van der Waals surface area contributed by atoms with Crippen molar-refractivity contribution in [3.63, 3.8) is 0 Å². The molecular formula is C16H24N2O4S. The molecule has 0 unspecified atom stereocenters. The molecule has 1 saturated heterocycles. The number of rotatable bonds is 7. The molecule has 128 valence electrons. The summed E-state index contributed by atoms with van der Waals surface area (Å²) >= 11 is 0. The van der Waals surface area contributed by atoms with E-state index in [0.29, 0.717) is 12.3 Å². The maximum Gasteiger partial charge on any atom is 0.321 e. The van der Waals surface area contributed by atoms with Gasteiger partial charge in [-0.2, -0.15) is 0 Å². The zero-order chi connectivity index (χ0) is 16.9. The summed E-state index contributed by atoms with van der Waals surface area (Å²) in [5.41, 5.74) is 0.666. The molecule has 1 heterocycles. The Labute approximate surface area is 137 Å². The van der Waals surface area contributed by atoms with Gasteiger partial charge in [0.05, 0.1) is 11.9 Å². The number of benzene rings is 1. The van der Waals surface area contributed by atoms with Crippen molar-refractivity contribution in [2.75, 3.05) is 30.8 Å². The molecule has 1 aromatic rings. The highest BCUT2D eigenvalue weighted by atomic mass is 32.2. The Morgan fingerprint density at radius 2 is 1.91 bits per heavy atom. The fraction of sp³-hybridized carbons (Fsp3) is 0.562. The van der Waals surface area contributed by atoms with Crippen LogP contribution in [0, 0.1) is 0 Å². The molecule has 0 radical (unpaired) electrons. The summed E-state index contributed by atoms with van der Waals surface area (Å²) in [6.45, 7) is 4.94. The molecule has 1 N–H and O–H groups in total. The number of anilines is 1. The average molecular weight is 340 g/mol. The molecule has 0 bridgehead atoms. The number of nitrogens with one attached hydrogen (secondary N) is 1. The summed E-state index contributed by atoms with van der Waals surface area (Å²) in [6.07, 6.45) is 2.09. The van der Waals surface area contributed by atoms with Crippen LogP contribution in [0.15, 0.2) is 24.3 Å². The van der Waals surface area contributed by atoms with Crippen LogP contribution < -0.4 is 10.1 Å². The maximum absolute atomic E-state index is 12.0. The molecule has 0 atom stereocenters. The molecule has 0 aromatic heterocycles. The van der Waals surface area contributed by atoms with E-state index in [1.54, 1.807) is 19.1 Å². The second-order valence-corrected chi connectivity index (χ2v) is 8.20. The van der Waals surface area contributed by atoms with Gasteiger partial charge in [-0.25, -0.2) is 13.2 Å². The Balaban J connectivity index is 1.80. The summed E-state index contributed by atoms with van der Waals surface area (Å²) in [5.74, 6) is 0.890. The average Bonchev–Trinajstić information content (AvgIpc) is 2.47. The standard InChI is InChI=1S/C16H24N2O4S/c1-3-5-10-22-14-8-6-13(7-9-14)17-16(19)18-11-15(12-18)23(20,21)4-2/h6-9,15H,3-5,10-12H2,1-2H3,(H,17,19). The third-order valence-electron chi connectivity index (χ3n) is 3.92. The molecule has 1 aromatic carbocycles. The van der Waals surface area contributed by atoms with Crippen molar-refractivity contribution in [3.8, 4) is 5.75 Å². The molecule has 2 rings (SSSR count). The molecule has 23 heavy (non-hydrogen) atoms. The van der Waals surface area contributed by atoms with Crippen LogP contribution in [0.5, 0.6) is 5.75 Å². The molecule has 0 spiro atoms. The molecule has 1 aliphatic heterocycles. The number of carbonyl (C=O) groups excluding carboxylic acids is 1. The zero-order valence-corrected chi connectivity index (χ0v) is 14.4. The number of ether oxygens (including phenoxy) is 1. The molecule has 1 fully saturated rings. The van der Waals surface area contributed by atoms with Gasteiger partial charge >= 0.3 is 6.03 Å². The summed E-state index contributed by atoms with van der Waals surface area (Å²) in [7, 11) is -3.06. The van der Waals surface area contributed by atoms with Crippen molar-refractivity contribution >= 4 is 21.6 Å². The first-order valence-electron chi connectivity index (χ1n) is 7.96. The second-order valence-electron chi connectivity index (χ2n) is 5.64. The lowest BCUT2D eigenvalue weighted by Crippen LogP contribution is -2.58. The van der Waals surface area contributed by atoms with E-state index in [4.69, 9.17) is 4.74 Å². The first-order chi connectivity index (χ1) is 11.0. The van der Waals surface area contributed by atoms with E-state index in [1.165, 1.54) is 4.90 Å². The normalized spacial score (nSPS) is 15.1. The van der Waals surface area contributed by atoms with Crippen molar-refractivity contribution in [2.24, 2.45) is 0 Å². The van der Waals surface area contributed by atoms with E-state index in [9.17, 15) is 13.2 Å². The molecule has 7 heteroatoms. The van der Waals surface area contributed by atoms with Gasteiger partial charge in [0.15, 0.2) is 9.84 Å². The molecule has 0 aliphatic carbocycles. The number of likely N-dealkylation sites (tertiary alicyclic amines) is 1. The Morgan fingerprint density at radius 3 is 2.48 bits per heavy atom. The van der Waals surface area contributed by atoms with Crippen molar-refractivity contribution in [3.05, 3.63) is 24.3 Å². The Morgan fingerprint density at radius 1 is 1.26 bits per heavy atom. The molecule has 0 saturated carbocycles. The van der Waals surface area contributed by atoms with E-state index in [-0.39, 0.29) is 24.9 Å². The highest BCUT2D eigenvalue weighted by Gasteiger charge is 2.38. The molecule has 2 amide bonds. The van der Waals surface area contributed by atoms with Crippen LogP contribution in [0.1, 0.15) is 26.7 Å². The monoisotopic (exact) mass is 340 g/mol. The third kappa shape index (κ3) is 4.60. The lowest BCUT2D eigenvalue weighted by atomic mass is 10.2. The fourth-order valence-corrected chi connectivity index (χ4v) is 3.52. The zero-order valence-electron chi connectivity index (χ0n) is 13.6. The quantitative estimate of drug-likeness (QED) is 0.774. The smallest absolute Gasteiger partial charge is 0.321 e. The summed E-state index contributed by atoms with van der Waals surface area (Å²) < 4.78 is 28.9. The summed E-state index contributed by atoms with van der Waals surface area (Å²) in [6, 6.07) is 6.91. The number of unbranched alkanes of at least 4 members (excludes halogenated alkanes) is 1. The summed E-state index contributed by atoms with van der Waals surface area (Å²) in [5, 5.41) is 2.34. The van der Waals surface area contributed by atoms with Gasteiger partial charge in [-0.1, -0.05) is 20.3 Å². The Bertz CT molecular complexity index is 622. The van der Waals surface area contributed by atoms with Crippen LogP contribution in [0.4, 0.5) is 10.5 Å². The number of carbonyl (C=O) groups is 1. The van der Waals surface area contributed by atoms with Crippen LogP contribution in [0.3, 0.4) is 0 Å². The van der Waals surface area contributed by atoms with Crippen molar-refractivity contribution in [2.45, 2.75) is 31.9 Å². The van der Waals surface area contributed by atoms with E-state index < -0.39 is 15.1 Å². The van der Waals surface area contributed by atoms with Crippen LogP contribution in [-0.2, 0) is 9.84 Å². The first kappa shape index (κ1) is 17.6. The number of sulfone groups is 1. The lowest BCUT2D eigenvalue weighted by Gasteiger charge is -2.38. The highest BCUT2D eigenvalue weighted by molar-refractivity contribution is 7.92. The minimum Gasteiger partial charge on any atom is -0.494 e. The van der Waals surface area contributed by atoms with Crippen molar-refractivity contribution in [1.82, 2.24) is 4.90 Å². The molecule has 6 nitrogen and oxygen atoms in total. The number of hydrogen-bond acceptors (Lipinski definition) is 4. The van der Waals surface area contributed by atoms with Gasteiger partial charge in [0.25, 0.3) is 0 Å². The van der Waals surface area contributed by atoms with Crippen molar-refractivity contribution in [1.29, 1.82) is 0 Å². The highest BCUT2D eigenvalue weighted by Crippen LogP contribution is 2.20. The van der Waals surface area contributed by atoms with E-state index in [0.717, 1.165) is 18.6 Å². The number of amides is 2. The van der Waals surface area contributed by atoms with Gasteiger partial charge < -0.3 is 15.0 Å². The number of urea groups is 1. The van der Waals surface area contributed by atoms with Gasteiger partial charge in [0.1, 0.15) is 5.75 Å². The number of nitrogens with zero attached hydrogens (tertiary/aromatic N) is 1. The maximum atomic E-state index is 12.0. The topological polar surface area (TPSA) is 75.7 Å². The minimum absolute atomic E-state index is 0.118. The first-order valence-corrected chi connectivity index (χ1v) is 9.68.